The van der Waals surface area contributed by atoms with E-state index in [1.807, 2.05) is 26.8 Å². The van der Waals surface area contributed by atoms with Crippen LogP contribution in [0.25, 0.3) is 20.2 Å². The minimum atomic E-state index is -4.44. The number of carbonyl (C=O) groups is 1. The molecule has 2 aromatic carbocycles. The van der Waals surface area contributed by atoms with Gasteiger partial charge in [0, 0.05) is 31.5 Å². The minimum Gasteiger partial charge on any atom is -0.598 e. The van der Waals surface area contributed by atoms with Crippen LogP contribution in [0.3, 0.4) is 0 Å². The summed E-state index contributed by atoms with van der Waals surface area (Å²) in [4.78, 5) is 12.1. The summed E-state index contributed by atoms with van der Waals surface area (Å²) in [6, 6.07) is 9.09. The van der Waals surface area contributed by atoms with Crippen molar-refractivity contribution in [2.24, 2.45) is 0 Å². The monoisotopic (exact) mass is 471 g/mol. The first-order valence-electron chi connectivity index (χ1n) is 9.55. The highest BCUT2D eigenvalue weighted by Crippen LogP contribution is 2.40. The molecule has 0 aliphatic rings. The fraction of sp³-hybridized carbons (Fsp3) is 0.409. The van der Waals surface area contributed by atoms with E-state index in [1.54, 1.807) is 19.1 Å². The Morgan fingerprint density at radius 2 is 1.55 bits per heavy atom. The molecule has 0 radical (unpaired) electrons. The van der Waals surface area contributed by atoms with Crippen molar-refractivity contribution in [1.29, 1.82) is 0 Å². The number of hydrogen-bond donors (Lipinski definition) is 1. The van der Waals surface area contributed by atoms with Crippen LogP contribution < -0.4 is 4.72 Å². The number of nitrogens with one attached hydrogen (secondary N) is 1. The average Bonchev–Trinajstić information content (AvgIpc) is 3.03. The van der Waals surface area contributed by atoms with Crippen molar-refractivity contribution in [3.63, 3.8) is 0 Å². The second-order valence-electron chi connectivity index (χ2n) is 8.59. The van der Waals surface area contributed by atoms with Gasteiger partial charge in [0.25, 0.3) is 0 Å². The molecule has 9 heteroatoms. The molecule has 0 saturated heterocycles. The van der Waals surface area contributed by atoms with E-state index < -0.39 is 39.4 Å². The quantitative estimate of drug-likeness (QED) is 0.372. The smallest absolute Gasteiger partial charge is 0.416 e. The Morgan fingerprint density at radius 1 is 1.03 bits per heavy atom. The van der Waals surface area contributed by atoms with Gasteiger partial charge in [-0.1, -0.05) is 6.07 Å². The van der Waals surface area contributed by atoms with Gasteiger partial charge >= 0.3 is 12.1 Å². The zero-order chi connectivity index (χ0) is 23.2. The van der Waals surface area contributed by atoms with Gasteiger partial charge in [-0.05, 0) is 63.6 Å². The van der Waals surface area contributed by atoms with Gasteiger partial charge in [-0.3, -0.25) is 4.79 Å². The van der Waals surface area contributed by atoms with Gasteiger partial charge in [0.15, 0.2) is 0 Å². The first-order valence-corrected chi connectivity index (χ1v) is 11.5. The van der Waals surface area contributed by atoms with Gasteiger partial charge in [0.1, 0.15) is 4.75 Å². The second-order valence-corrected chi connectivity index (χ2v) is 11.6. The van der Waals surface area contributed by atoms with Crippen LogP contribution in [0.4, 0.5) is 13.2 Å². The SMILES string of the molecule is COC(=O)CC(C)(N[S+]([O-])C(C)(C)C)c1ccc2sc3ccc(C(F)(F)F)cc3c2c1. The Labute approximate surface area is 186 Å². The second kappa shape index (κ2) is 8.27. The maximum atomic E-state index is 13.2. The molecule has 0 fully saturated rings. The van der Waals surface area contributed by atoms with Crippen LogP contribution in [-0.2, 0) is 32.6 Å². The molecule has 2 atom stereocenters. The molecule has 2 unspecified atom stereocenters. The lowest BCUT2D eigenvalue weighted by atomic mass is 9.89. The van der Waals surface area contributed by atoms with Crippen LogP contribution in [0.15, 0.2) is 36.4 Å². The van der Waals surface area contributed by atoms with Crippen LogP contribution in [-0.4, -0.2) is 22.4 Å². The fourth-order valence-electron chi connectivity index (χ4n) is 3.21. The maximum Gasteiger partial charge on any atom is 0.416 e. The number of carbonyl (C=O) groups excluding carboxylic acids is 1. The highest BCUT2D eigenvalue weighted by molar-refractivity contribution is 7.90. The number of hydrogen-bond acceptors (Lipinski definition) is 5. The van der Waals surface area contributed by atoms with E-state index >= 15 is 0 Å². The molecule has 1 heterocycles. The predicted molar refractivity (Wildman–Crippen MR) is 119 cm³/mol. The van der Waals surface area contributed by atoms with Crippen LogP contribution in [0, 0.1) is 0 Å². The number of ether oxygens (including phenoxy) is 1. The van der Waals surface area contributed by atoms with E-state index in [2.05, 4.69) is 4.72 Å². The third-order valence-electron chi connectivity index (χ3n) is 5.03. The molecule has 3 aromatic rings. The van der Waals surface area contributed by atoms with E-state index in [-0.39, 0.29) is 6.42 Å². The summed E-state index contributed by atoms with van der Waals surface area (Å²) in [5.74, 6) is -0.490. The summed E-state index contributed by atoms with van der Waals surface area (Å²) in [6.45, 7) is 7.17. The van der Waals surface area contributed by atoms with Crippen molar-refractivity contribution < 1.29 is 27.3 Å². The van der Waals surface area contributed by atoms with Crippen molar-refractivity contribution >= 4 is 48.8 Å². The van der Waals surface area contributed by atoms with E-state index in [4.69, 9.17) is 4.74 Å². The van der Waals surface area contributed by atoms with Gasteiger partial charge in [0.2, 0.25) is 0 Å². The molecular formula is C22H24F3NO3S2. The molecule has 4 nitrogen and oxygen atoms in total. The van der Waals surface area contributed by atoms with Crippen LogP contribution in [0.5, 0.6) is 0 Å². The highest BCUT2D eigenvalue weighted by atomic mass is 32.2. The lowest BCUT2D eigenvalue weighted by molar-refractivity contribution is -0.142. The standard InChI is InChI=1S/C22H24F3NO3S2/c1-20(2,3)31(28)26-21(4,12-19(27)29-5)13-6-8-17-15(10-13)16-11-14(22(23,24)25)7-9-18(16)30-17/h6-11,26H,12H2,1-5H3. The highest BCUT2D eigenvalue weighted by Gasteiger charge is 2.39. The summed E-state index contributed by atoms with van der Waals surface area (Å²) >= 11 is -0.0987. The summed E-state index contributed by atoms with van der Waals surface area (Å²) in [5.41, 5.74) is -1.12. The lowest BCUT2D eigenvalue weighted by Gasteiger charge is -2.34. The Hall–Kier alpha value is -1.81. The zero-order valence-corrected chi connectivity index (χ0v) is 19.5. The molecule has 0 aliphatic carbocycles. The average molecular weight is 472 g/mol. The van der Waals surface area contributed by atoms with Crippen molar-refractivity contribution in [3.05, 3.63) is 47.5 Å². The normalized spacial score (nSPS) is 15.8. The summed E-state index contributed by atoms with van der Waals surface area (Å²) in [6.07, 6.45) is -4.53. The summed E-state index contributed by atoms with van der Waals surface area (Å²) < 4.78 is 61.4. The number of methoxy groups -OCH3 is 1. The number of fused-ring (bicyclic) bond motifs is 3. The molecule has 0 spiro atoms. The third kappa shape index (κ3) is 5.00. The number of esters is 1. The van der Waals surface area contributed by atoms with Gasteiger partial charge in [-0.25, -0.2) is 0 Å². The Kier molecular flexibility index (Phi) is 6.36. The van der Waals surface area contributed by atoms with E-state index in [9.17, 15) is 22.5 Å². The molecule has 0 saturated carbocycles. The van der Waals surface area contributed by atoms with Crippen molar-refractivity contribution in [1.82, 2.24) is 4.72 Å². The maximum absolute atomic E-state index is 13.2. The summed E-state index contributed by atoms with van der Waals surface area (Å²) in [7, 11) is 1.28. The molecule has 1 N–H and O–H groups in total. The van der Waals surface area contributed by atoms with Crippen LogP contribution in [0.2, 0.25) is 0 Å². The topological polar surface area (TPSA) is 61.4 Å². The third-order valence-corrected chi connectivity index (χ3v) is 7.93. The first kappa shape index (κ1) is 23.8. The van der Waals surface area contributed by atoms with Crippen LogP contribution in [0.1, 0.15) is 45.2 Å². The molecular weight excluding hydrogens is 447 g/mol. The van der Waals surface area contributed by atoms with Crippen molar-refractivity contribution in [2.45, 2.75) is 50.6 Å². The number of benzene rings is 2. The van der Waals surface area contributed by atoms with Crippen molar-refractivity contribution in [3.8, 4) is 0 Å². The van der Waals surface area contributed by atoms with Gasteiger partial charge < -0.3 is 9.29 Å². The molecule has 168 valence electrons. The van der Waals surface area contributed by atoms with Gasteiger partial charge in [-0.15, -0.1) is 16.1 Å². The van der Waals surface area contributed by atoms with E-state index in [0.717, 1.165) is 21.5 Å². The fourth-order valence-corrected chi connectivity index (χ4v) is 5.18. The Bertz CT molecular complexity index is 1120. The zero-order valence-electron chi connectivity index (χ0n) is 17.8. The number of thiophene rings is 1. The van der Waals surface area contributed by atoms with Crippen molar-refractivity contribution in [2.75, 3.05) is 7.11 Å². The van der Waals surface area contributed by atoms with Gasteiger partial charge in [0.05, 0.1) is 24.6 Å². The predicted octanol–water partition coefficient (Wildman–Crippen LogP) is 5.90. The summed E-state index contributed by atoms with van der Waals surface area (Å²) in [5, 5.41) is 1.15. The van der Waals surface area contributed by atoms with Crippen LogP contribution >= 0.6 is 11.3 Å². The molecule has 3 rings (SSSR count). The number of alkyl halides is 3. The largest absolute Gasteiger partial charge is 0.598 e. The molecule has 0 amide bonds. The Morgan fingerprint density at radius 3 is 2.03 bits per heavy atom. The van der Waals surface area contributed by atoms with Gasteiger partial charge in [-0.2, -0.15) is 13.2 Å². The minimum absolute atomic E-state index is 0.0906. The molecule has 0 aliphatic heterocycles. The van der Waals surface area contributed by atoms with E-state index in [0.29, 0.717) is 16.3 Å². The Balaban J connectivity index is 2.16. The first-order chi connectivity index (χ1) is 14.2. The number of halogens is 3. The molecule has 1 aromatic heterocycles. The number of rotatable bonds is 5. The molecule has 31 heavy (non-hydrogen) atoms. The lowest BCUT2D eigenvalue weighted by Crippen LogP contribution is -2.50. The van der Waals surface area contributed by atoms with E-state index in [1.165, 1.54) is 24.5 Å². The molecule has 0 bridgehead atoms.